The summed E-state index contributed by atoms with van der Waals surface area (Å²) in [4.78, 5) is 23.1. The van der Waals surface area contributed by atoms with Gasteiger partial charge in [0.1, 0.15) is 6.04 Å². The fourth-order valence-electron chi connectivity index (χ4n) is 1.52. The van der Waals surface area contributed by atoms with Gasteiger partial charge in [0.15, 0.2) is 0 Å². The molecule has 1 N–H and O–H groups in total. The summed E-state index contributed by atoms with van der Waals surface area (Å²) in [5, 5.41) is 2.40. The summed E-state index contributed by atoms with van der Waals surface area (Å²) < 4.78 is 41.6. The van der Waals surface area contributed by atoms with Gasteiger partial charge in [-0.05, 0) is 30.7 Å². The Bertz CT molecular complexity index is 483. The van der Waals surface area contributed by atoms with E-state index in [9.17, 15) is 22.8 Å². The molecule has 0 bridgehead atoms. The summed E-state index contributed by atoms with van der Waals surface area (Å²) in [5.74, 6) is -1.23. The van der Waals surface area contributed by atoms with Crippen molar-refractivity contribution in [1.82, 2.24) is 5.32 Å². The highest BCUT2D eigenvalue weighted by molar-refractivity contribution is 5.96. The molecule has 1 aromatic carbocycles. The molecule has 1 aromatic rings. The van der Waals surface area contributed by atoms with Crippen LogP contribution in [0.25, 0.3) is 0 Å². The molecular weight excluding hydrogens is 275 g/mol. The lowest BCUT2D eigenvalue weighted by atomic mass is 10.1. The van der Waals surface area contributed by atoms with Gasteiger partial charge in [-0.25, -0.2) is 4.79 Å². The van der Waals surface area contributed by atoms with Crippen LogP contribution in [0.4, 0.5) is 13.2 Å². The van der Waals surface area contributed by atoms with Crippen LogP contribution in [0.1, 0.15) is 29.3 Å². The molecule has 0 saturated heterocycles. The highest BCUT2D eigenvalue weighted by Gasteiger charge is 2.30. The normalized spacial score (nSPS) is 12.7. The van der Waals surface area contributed by atoms with Crippen molar-refractivity contribution in [3.63, 3.8) is 0 Å². The van der Waals surface area contributed by atoms with Crippen molar-refractivity contribution < 1.29 is 27.5 Å². The van der Waals surface area contributed by atoms with Crippen molar-refractivity contribution >= 4 is 11.9 Å². The van der Waals surface area contributed by atoms with Crippen LogP contribution in [0.2, 0.25) is 0 Å². The molecule has 0 radical (unpaired) electrons. The number of methoxy groups -OCH3 is 1. The van der Waals surface area contributed by atoms with Crippen molar-refractivity contribution in [3.05, 3.63) is 35.4 Å². The van der Waals surface area contributed by atoms with Crippen LogP contribution in [-0.4, -0.2) is 25.0 Å². The largest absolute Gasteiger partial charge is 0.467 e. The fraction of sp³-hybridized carbons (Fsp3) is 0.385. The number of rotatable bonds is 4. The maximum absolute atomic E-state index is 12.4. The summed E-state index contributed by atoms with van der Waals surface area (Å²) in [6.07, 6.45) is -4.13. The number of amides is 1. The van der Waals surface area contributed by atoms with Gasteiger partial charge in [-0.2, -0.15) is 13.2 Å². The number of esters is 1. The lowest BCUT2D eigenvalue weighted by Crippen LogP contribution is -2.41. The van der Waals surface area contributed by atoms with Crippen LogP contribution in [0, 0.1) is 0 Å². The second-order valence-electron chi connectivity index (χ2n) is 4.03. The Morgan fingerprint density at radius 1 is 1.25 bits per heavy atom. The van der Waals surface area contributed by atoms with E-state index in [4.69, 9.17) is 0 Å². The first kappa shape index (κ1) is 16.0. The lowest BCUT2D eigenvalue weighted by Gasteiger charge is -2.14. The zero-order valence-electron chi connectivity index (χ0n) is 11.0. The smallest absolute Gasteiger partial charge is 0.416 e. The number of hydrogen-bond acceptors (Lipinski definition) is 3. The van der Waals surface area contributed by atoms with E-state index in [0.29, 0.717) is 6.42 Å². The molecule has 1 amide bonds. The van der Waals surface area contributed by atoms with Crippen molar-refractivity contribution in [2.45, 2.75) is 25.6 Å². The zero-order chi connectivity index (χ0) is 15.3. The van der Waals surface area contributed by atoms with Crippen LogP contribution in [0.5, 0.6) is 0 Å². The number of alkyl halides is 3. The van der Waals surface area contributed by atoms with Crippen LogP contribution >= 0.6 is 0 Å². The Hall–Kier alpha value is -2.05. The van der Waals surface area contributed by atoms with E-state index >= 15 is 0 Å². The Kier molecular flexibility index (Phi) is 5.12. The van der Waals surface area contributed by atoms with E-state index in [0.717, 1.165) is 24.3 Å². The van der Waals surface area contributed by atoms with E-state index in [1.807, 2.05) is 0 Å². The van der Waals surface area contributed by atoms with E-state index in [1.54, 1.807) is 6.92 Å². The quantitative estimate of drug-likeness (QED) is 0.866. The number of nitrogens with one attached hydrogen (secondary N) is 1. The van der Waals surface area contributed by atoms with Crippen LogP contribution in [0.15, 0.2) is 24.3 Å². The first-order valence-corrected chi connectivity index (χ1v) is 5.85. The Balaban J connectivity index is 2.80. The maximum Gasteiger partial charge on any atom is 0.416 e. The molecular formula is C13H14F3NO3. The van der Waals surface area contributed by atoms with Gasteiger partial charge in [0.2, 0.25) is 0 Å². The van der Waals surface area contributed by atoms with Gasteiger partial charge in [-0.15, -0.1) is 0 Å². The number of carbonyl (C=O) groups excluding carboxylic acids is 2. The molecule has 0 aliphatic heterocycles. The molecule has 0 spiro atoms. The third-order valence-electron chi connectivity index (χ3n) is 2.67. The average Bonchev–Trinajstić information content (AvgIpc) is 2.42. The maximum atomic E-state index is 12.4. The van der Waals surface area contributed by atoms with Crippen LogP contribution in [-0.2, 0) is 15.7 Å². The molecule has 0 aliphatic rings. The Morgan fingerprint density at radius 3 is 2.20 bits per heavy atom. The second-order valence-corrected chi connectivity index (χ2v) is 4.03. The minimum atomic E-state index is -4.45. The van der Waals surface area contributed by atoms with Gasteiger partial charge < -0.3 is 10.1 Å². The predicted octanol–water partition coefficient (Wildman–Crippen LogP) is 2.39. The number of halogens is 3. The molecule has 0 aliphatic carbocycles. The van der Waals surface area contributed by atoms with Crippen LogP contribution in [0.3, 0.4) is 0 Å². The van der Waals surface area contributed by atoms with Gasteiger partial charge in [0, 0.05) is 5.56 Å². The monoisotopic (exact) mass is 289 g/mol. The molecule has 0 unspecified atom stereocenters. The van der Waals surface area contributed by atoms with Gasteiger partial charge >= 0.3 is 12.1 Å². The van der Waals surface area contributed by atoms with Crippen molar-refractivity contribution in [3.8, 4) is 0 Å². The molecule has 4 nitrogen and oxygen atoms in total. The molecule has 20 heavy (non-hydrogen) atoms. The fourth-order valence-corrected chi connectivity index (χ4v) is 1.52. The first-order chi connectivity index (χ1) is 9.29. The van der Waals surface area contributed by atoms with E-state index in [-0.39, 0.29) is 5.56 Å². The molecule has 110 valence electrons. The van der Waals surface area contributed by atoms with Gasteiger partial charge in [0.25, 0.3) is 5.91 Å². The molecule has 1 rings (SSSR count). The van der Waals surface area contributed by atoms with Gasteiger partial charge in [0.05, 0.1) is 12.7 Å². The summed E-state index contributed by atoms with van der Waals surface area (Å²) in [5.41, 5.74) is -0.797. The minimum Gasteiger partial charge on any atom is -0.467 e. The lowest BCUT2D eigenvalue weighted by molar-refractivity contribution is -0.143. The highest BCUT2D eigenvalue weighted by atomic mass is 19.4. The summed E-state index contributed by atoms with van der Waals surface area (Å²) in [6, 6.07) is 2.92. The van der Waals surface area contributed by atoms with Crippen molar-refractivity contribution in [2.24, 2.45) is 0 Å². The summed E-state index contributed by atoms with van der Waals surface area (Å²) >= 11 is 0. The predicted molar refractivity (Wildman–Crippen MR) is 65.0 cm³/mol. The third kappa shape index (κ3) is 3.97. The molecule has 0 saturated carbocycles. The number of benzene rings is 1. The molecule has 0 heterocycles. The Morgan fingerprint density at radius 2 is 1.80 bits per heavy atom. The topological polar surface area (TPSA) is 55.4 Å². The Labute approximate surface area is 113 Å². The van der Waals surface area contributed by atoms with Gasteiger partial charge in [-0.3, -0.25) is 4.79 Å². The first-order valence-electron chi connectivity index (χ1n) is 5.85. The minimum absolute atomic E-state index is 0.0420. The third-order valence-corrected chi connectivity index (χ3v) is 2.67. The highest BCUT2D eigenvalue weighted by Crippen LogP contribution is 2.29. The molecule has 7 heteroatoms. The molecule has 1 atom stereocenters. The summed E-state index contributed by atoms with van der Waals surface area (Å²) in [7, 11) is 1.19. The molecule has 0 fully saturated rings. The van der Waals surface area contributed by atoms with Crippen molar-refractivity contribution in [1.29, 1.82) is 0 Å². The zero-order valence-corrected chi connectivity index (χ0v) is 11.0. The van der Waals surface area contributed by atoms with E-state index < -0.39 is 29.7 Å². The number of ether oxygens (including phenoxy) is 1. The van der Waals surface area contributed by atoms with Crippen LogP contribution < -0.4 is 5.32 Å². The number of carbonyl (C=O) groups is 2. The number of hydrogen-bond donors (Lipinski definition) is 1. The SMILES string of the molecule is CC[C@@H](NC(=O)c1ccc(C(F)(F)F)cc1)C(=O)OC. The van der Waals surface area contributed by atoms with E-state index in [2.05, 4.69) is 10.1 Å². The average molecular weight is 289 g/mol. The standard InChI is InChI=1S/C13H14F3NO3/c1-3-10(12(19)20-2)17-11(18)8-4-6-9(7-5-8)13(14,15)16/h4-7,10H,3H2,1-2H3,(H,17,18)/t10-/m1/s1. The molecule has 0 aromatic heterocycles. The van der Waals surface area contributed by atoms with Crippen molar-refractivity contribution in [2.75, 3.05) is 7.11 Å². The summed E-state index contributed by atoms with van der Waals surface area (Å²) in [6.45, 7) is 1.68. The van der Waals surface area contributed by atoms with E-state index in [1.165, 1.54) is 7.11 Å². The van der Waals surface area contributed by atoms with Gasteiger partial charge in [-0.1, -0.05) is 6.92 Å². The second kappa shape index (κ2) is 6.40.